The van der Waals surface area contributed by atoms with E-state index in [-0.39, 0.29) is 6.10 Å². The number of hydrogen-bond acceptors (Lipinski definition) is 3. The second-order valence-electron chi connectivity index (χ2n) is 3.79. The summed E-state index contributed by atoms with van der Waals surface area (Å²) in [5.41, 5.74) is 1.16. The van der Waals surface area contributed by atoms with Crippen molar-refractivity contribution in [3.8, 4) is 0 Å². The predicted octanol–water partition coefficient (Wildman–Crippen LogP) is 2.59. The smallest absolute Gasteiger partial charge is 0.0936 e. The molecular weight excluding hydrogens is 282 g/mol. The molecule has 0 saturated heterocycles. The third kappa shape index (κ3) is 5.64. The van der Waals surface area contributed by atoms with E-state index >= 15 is 0 Å². The molecule has 0 saturated carbocycles. The topological polar surface area (TPSA) is 30.5 Å². The Morgan fingerprint density at radius 2 is 2.12 bits per heavy atom. The number of halogens is 1. The molecule has 0 heterocycles. The van der Waals surface area contributed by atoms with Crippen molar-refractivity contribution in [2.24, 2.45) is 0 Å². The Balaban J connectivity index is 2.42. The number of nitrogens with one attached hydrogen (secondary N) is 1. The first-order chi connectivity index (χ1) is 8.27. The Labute approximate surface area is 112 Å². The summed E-state index contributed by atoms with van der Waals surface area (Å²) in [7, 11) is 1.70. The van der Waals surface area contributed by atoms with E-state index < -0.39 is 0 Å². The summed E-state index contributed by atoms with van der Waals surface area (Å²) < 4.78 is 12.1. The van der Waals surface area contributed by atoms with Crippen molar-refractivity contribution in [3.63, 3.8) is 0 Å². The van der Waals surface area contributed by atoms with Gasteiger partial charge >= 0.3 is 0 Å². The molecule has 0 spiro atoms. The Hall–Kier alpha value is -0.420. The molecule has 1 rings (SSSR count). The molecule has 0 bridgehead atoms. The monoisotopic (exact) mass is 301 g/mol. The highest BCUT2D eigenvalue weighted by Crippen LogP contribution is 2.17. The van der Waals surface area contributed by atoms with Gasteiger partial charge in [-0.25, -0.2) is 0 Å². The van der Waals surface area contributed by atoms with Gasteiger partial charge in [0.05, 0.1) is 19.3 Å². The Bertz CT molecular complexity index is 320. The van der Waals surface area contributed by atoms with Crippen LogP contribution in [0.3, 0.4) is 0 Å². The molecule has 4 heteroatoms. The lowest BCUT2D eigenvalue weighted by molar-refractivity contribution is -0.0100. The lowest BCUT2D eigenvalue weighted by Crippen LogP contribution is -2.32. The fourth-order valence-corrected chi connectivity index (χ4v) is 1.88. The lowest BCUT2D eigenvalue weighted by Gasteiger charge is -2.17. The molecule has 0 aromatic heterocycles. The summed E-state index contributed by atoms with van der Waals surface area (Å²) in [5, 5.41) is 3.27. The number of ether oxygens (including phenoxy) is 2. The van der Waals surface area contributed by atoms with Crippen LogP contribution in [-0.2, 0) is 16.1 Å². The third-order valence-corrected chi connectivity index (χ3v) is 3.18. The Morgan fingerprint density at radius 1 is 1.35 bits per heavy atom. The summed E-state index contributed by atoms with van der Waals surface area (Å²) in [6, 6.07) is 8.09. The molecular formula is C13H20BrNO2. The zero-order valence-electron chi connectivity index (χ0n) is 10.4. The maximum absolute atomic E-state index is 5.83. The molecule has 3 nitrogen and oxygen atoms in total. The average Bonchev–Trinajstić information content (AvgIpc) is 2.34. The average molecular weight is 302 g/mol. The van der Waals surface area contributed by atoms with Gasteiger partial charge in [-0.2, -0.15) is 0 Å². The highest BCUT2D eigenvalue weighted by atomic mass is 79.9. The maximum Gasteiger partial charge on any atom is 0.0936 e. The standard InChI is InChI=1S/C13H20BrNO2/c1-3-15-8-12(10-16-2)17-9-11-6-4-5-7-13(11)14/h4-7,12,15H,3,8-10H2,1-2H3. The summed E-state index contributed by atoms with van der Waals surface area (Å²) in [6.45, 7) is 5.04. The van der Waals surface area contributed by atoms with Gasteiger partial charge in [0, 0.05) is 18.1 Å². The summed E-state index contributed by atoms with van der Waals surface area (Å²) in [6.07, 6.45) is 0.0899. The van der Waals surface area contributed by atoms with Gasteiger partial charge in [-0.1, -0.05) is 41.1 Å². The number of hydrogen-bond donors (Lipinski definition) is 1. The first-order valence-electron chi connectivity index (χ1n) is 5.82. The van der Waals surface area contributed by atoms with Crippen molar-refractivity contribution in [2.45, 2.75) is 19.6 Å². The second kappa shape index (κ2) is 8.64. The Kier molecular flexibility index (Phi) is 7.44. The van der Waals surface area contributed by atoms with Crippen LogP contribution in [0.25, 0.3) is 0 Å². The zero-order valence-corrected chi connectivity index (χ0v) is 12.0. The first-order valence-corrected chi connectivity index (χ1v) is 6.61. The van der Waals surface area contributed by atoms with Crippen molar-refractivity contribution in [3.05, 3.63) is 34.3 Å². The molecule has 0 aliphatic carbocycles. The lowest BCUT2D eigenvalue weighted by atomic mass is 10.2. The quantitative estimate of drug-likeness (QED) is 0.800. The first kappa shape index (κ1) is 14.6. The molecule has 0 fully saturated rings. The molecule has 0 amide bonds. The zero-order chi connectivity index (χ0) is 12.5. The largest absolute Gasteiger partial charge is 0.382 e. The molecule has 1 unspecified atom stereocenters. The van der Waals surface area contributed by atoms with Gasteiger partial charge < -0.3 is 14.8 Å². The molecule has 17 heavy (non-hydrogen) atoms. The van der Waals surface area contributed by atoms with E-state index in [1.807, 2.05) is 18.2 Å². The predicted molar refractivity (Wildman–Crippen MR) is 73.1 cm³/mol. The second-order valence-corrected chi connectivity index (χ2v) is 4.64. The maximum atomic E-state index is 5.83. The van der Waals surface area contributed by atoms with Crippen LogP contribution >= 0.6 is 15.9 Å². The van der Waals surface area contributed by atoms with Gasteiger partial charge in [0.2, 0.25) is 0 Å². The van der Waals surface area contributed by atoms with E-state index in [1.165, 1.54) is 0 Å². The molecule has 1 aromatic rings. The minimum atomic E-state index is 0.0899. The van der Waals surface area contributed by atoms with Crippen LogP contribution in [0, 0.1) is 0 Å². The fourth-order valence-electron chi connectivity index (χ4n) is 1.48. The molecule has 0 aliphatic rings. The van der Waals surface area contributed by atoms with Crippen LogP contribution < -0.4 is 5.32 Å². The molecule has 1 aromatic carbocycles. The normalized spacial score (nSPS) is 12.6. The van der Waals surface area contributed by atoms with Crippen molar-refractivity contribution in [1.29, 1.82) is 0 Å². The number of methoxy groups -OCH3 is 1. The number of benzene rings is 1. The molecule has 96 valence electrons. The van der Waals surface area contributed by atoms with E-state index in [2.05, 4.69) is 34.2 Å². The third-order valence-electron chi connectivity index (χ3n) is 2.41. The minimum absolute atomic E-state index is 0.0899. The summed E-state index contributed by atoms with van der Waals surface area (Å²) in [5.74, 6) is 0. The molecule has 0 radical (unpaired) electrons. The summed E-state index contributed by atoms with van der Waals surface area (Å²) in [4.78, 5) is 0. The van der Waals surface area contributed by atoms with Crippen LogP contribution in [-0.4, -0.2) is 32.9 Å². The summed E-state index contributed by atoms with van der Waals surface area (Å²) >= 11 is 3.51. The van der Waals surface area contributed by atoms with E-state index in [9.17, 15) is 0 Å². The molecule has 1 N–H and O–H groups in total. The van der Waals surface area contributed by atoms with Gasteiger partial charge in [-0.15, -0.1) is 0 Å². The van der Waals surface area contributed by atoms with Crippen molar-refractivity contribution in [1.82, 2.24) is 5.32 Å². The van der Waals surface area contributed by atoms with E-state index in [4.69, 9.17) is 9.47 Å². The SMILES string of the molecule is CCNCC(COC)OCc1ccccc1Br. The van der Waals surface area contributed by atoms with Gasteiger partial charge in [0.1, 0.15) is 0 Å². The van der Waals surface area contributed by atoms with Crippen molar-refractivity contribution >= 4 is 15.9 Å². The van der Waals surface area contributed by atoms with Crippen LogP contribution in [0.4, 0.5) is 0 Å². The molecule has 1 atom stereocenters. The van der Waals surface area contributed by atoms with Crippen LogP contribution in [0.1, 0.15) is 12.5 Å². The number of rotatable bonds is 8. The highest BCUT2D eigenvalue weighted by Gasteiger charge is 2.09. The van der Waals surface area contributed by atoms with Crippen molar-refractivity contribution < 1.29 is 9.47 Å². The van der Waals surface area contributed by atoms with Gasteiger partial charge in [0.15, 0.2) is 0 Å². The van der Waals surface area contributed by atoms with Crippen LogP contribution in [0.2, 0.25) is 0 Å². The van der Waals surface area contributed by atoms with E-state index in [0.717, 1.165) is 23.1 Å². The van der Waals surface area contributed by atoms with Gasteiger partial charge in [-0.05, 0) is 18.2 Å². The van der Waals surface area contributed by atoms with Crippen molar-refractivity contribution in [2.75, 3.05) is 26.8 Å². The molecule has 0 aliphatic heterocycles. The Morgan fingerprint density at radius 3 is 2.76 bits per heavy atom. The van der Waals surface area contributed by atoms with Crippen LogP contribution in [0.5, 0.6) is 0 Å². The van der Waals surface area contributed by atoms with E-state index in [1.54, 1.807) is 7.11 Å². The number of likely N-dealkylation sites (N-methyl/N-ethyl adjacent to an activating group) is 1. The van der Waals surface area contributed by atoms with Gasteiger partial charge in [0.25, 0.3) is 0 Å². The fraction of sp³-hybridized carbons (Fsp3) is 0.538. The minimum Gasteiger partial charge on any atom is -0.382 e. The van der Waals surface area contributed by atoms with E-state index in [0.29, 0.717) is 13.2 Å². The van der Waals surface area contributed by atoms with Crippen LogP contribution in [0.15, 0.2) is 28.7 Å². The van der Waals surface area contributed by atoms with Gasteiger partial charge in [-0.3, -0.25) is 0 Å². The highest BCUT2D eigenvalue weighted by molar-refractivity contribution is 9.10.